The topological polar surface area (TPSA) is 24.5 Å². The van der Waals surface area contributed by atoms with Gasteiger partial charge in [0.05, 0.1) is 12.2 Å². The average molecular weight is 290 g/mol. The molecule has 0 radical (unpaired) electrons. The maximum Gasteiger partial charge on any atom is 0.0718 e. The third-order valence-electron chi connectivity index (χ3n) is 4.12. The van der Waals surface area contributed by atoms with Crippen LogP contribution in [-0.2, 0) is 11.3 Å². The molecule has 0 aromatic heterocycles. The molecule has 0 aliphatic carbocycles. The standard InChI is InChI=1S/C18H30N2O/c1-3-11-19-13-17(4-2)21-18-10-12-20(15-18)14-16-8-6-5-7-9-16/h5-9,17-19H,3-4,10-15H2,1-2H3. The van der Waals surface area contributed by atoms with Crippen molar-refractivity contribution in [2.75, 3.05) is 26.2 Å². The fraction of sp³-hybridized carbons (Fsp3) is 0.667. The van der Waals surface area contributed by atoms with Gasteiger partial charge in [-0.1, -0.05) is 44.2 Å². The van der Waals surface area contributed by atoms with Crippen LogP contribution in [0.3, 0.4) is 0 Å². The van der Waals surface area contributed by atoms with Gasteiger partial charge in [-0.2, -0.15) is 0 Å². The molecule has 1 aliphatic heterocycles. The van der Waals surface area contributed by atoms with Gasteiger partial charge in [0.25, 0.3) is 0 Å². The van der Waals surface area contributed by atoms with E-state index in [0.717, 1.165) is 45.6 Å². The van der Waals surface area contributed by atoms with Crippen molar-refractivity contribution in [2.45, 2.75) is 51.9 Å². The maximum atomic E-state index is 6.27. The van der Waals surface area contributed by atoms with Crippen molar-refractivity contribution in [3.8, 4) is 0 Å². The first-order chi connectivity index (χ1) is 10.3. The summed E-state index contributed by atoms with van der Waals surface area (Å²) in [6.45, 7) is 9.76. The van der Waals surface area contributed by atoms with E-state index < -0.39 is 0 Å². The Bertz CT molecular complexity index is 382. The Kier molecular flexibility index (Phi) is 7.20. The number of ether oxygens (including phenoxy) is 1. The van der Waals surface area contributed by atoms with Crippen LogP contribution in [0.2, 0.25) is 0 Å². The molecule has 1 aliphatic rings. The number of rotatable bonds is 9. The monoisotopic (exact) mass is 290 g/mol. The van der Waals surface area contributed by atoms with Crippen LogP contribution in [-0.4, -0.2) is 43.3 Å². The van der Waals surface area contributed by atoms with Crippen molar-refractivity contribution in [3.05, 3.63) is 35.9 Å². The summed E-state index contributed by atoms with van der Waals surface area (Å²) in [7, 11) is 0. The Morgan fingerprint density at radius 2 is 2.10 bits per heavy atom. The van der Waals surface area contributed by atoms with E-state index in [1.54, 1.807) is 0 Å². The second-order valence-electron chi connectivity index (χ2n) is 6.00. The van der Waals surface area contributed by atoms with Crippen molar-refractivity contribution in [2.24, 2.45) is 0 Å². The lowest BCUT2D eigenvalue weighted by atomic mass is 10.2. The molecule has 1 saturated heterocycles. The van der Waals surface area contributed by atoms with Crippen LogP contribution in [0.15, 0.2) is 30.3 Å². The lowest BCUT2D eigenvalue weighted by Gasteiger charge is -2.22. The molecule has 3 nitrogen and oxygen atoms in total. The molecule has 1 heterocycles. The normalized spacial score (nSPS) is 20.8. The highest BCUT2D eigenvalue weighted by Crippen LogP contribution is 2.18. The fourth-order valence-electron chi connectivity index (χ4n) is 2.89. The van der Waals surface area contributed by atoms with E-state index in [1.807, 2.05) is 0 Å². The van der Waals surface area contributed by atoms with Gasteiger partial charge < -0.3 is 10.1 Å². The SMILES string of the molecule is CCCNCC(CC)OC1CCN(Cc2ccccc2)C1. The quantitative estimate of drug-likeness (QED) is 0.707. The Labute approximate surface area is 129 Å². The minimum Gasteiger partial charge on any atom is -0.372 e. The van der Waals surface area contributed by atoms with Gasteiger partial charge in [-0.15, -0.1) is 0 Å². The zero-order valence-corrected chi connectivity index (χ0v) is 13.6. The highest BCUT2D eigenvalue weighted by Gasteiger charge is 2.25. The molecule has 1 aromatic carbocycles. The highest BCUT2D eigenvalue weighted by atomic mass is 16.5. The Morgan fingerprint density at radius 1 is 1.29 bits per heavy atom. The molecule has 1 N–H and O–H groups in total. The van der Waals surface area contributed by atoms with Gasteiger partial charge in [-0.3, -0.25) is 4.90 Å². The van der Waals surface area contributed by atoms with Crippen molar-refractivity contribution in [3.63, 3.8) is 0 Å². The summed E-state index contributed by atoms with van der Waals surface area (Å²) >= 11 is 0. The van der Waals surface area contributed by atoms with E-state index in [1.165, 1.54) is 12.0 Å². The first kappa shape index (κ1) is 16.5. The fourth-order valence-corrected chi connectivity index (χ4v) is 2.89. The lowest BCUT2D eigenvalue weighted by Crippen LogP contribution is -2.33. The molecule has 2 atom stereocenters. The van der Waals surface area contributed by atoms with Crippen molar-refractivity contribution in [1.82, 2.24) is 10.2 Å². The average Bonchev–Trinajstić information content (AvgIpc) is 2.94. The predicted molar refractivity (Wildman–Crippen MR) is 88.4 cm³/mol. The number of nitrogens with one attached hydrogen (secondary N) is 1. The van der Waals surface area contributed by atoms with Crippen molar-refractivity contribution in [1.29, 1.82) is 0 Å². The minimum absolute atomic E-state index is 0.359. The Hall–Kier alpha value is -0.900. The molecular weight excluding hydrogens is 260 g/mol. The molecule has 2 unspecified atom stereocenters. The molecule has 1 aromatic rings. The smallest absolute Gasteiger partial charge is 0.0718 e. The van der Waals surface area contributed by atoms with Gasteiger partial charge in [0.1, 0.15) is 0 Å². The maximum absolute atomic E-state index is 6.27. The second kappa shape index (κ2) is 9.19. The predicted octanol–water partition coefficient (Wildman–Crippen LogP) is 3.06. The molecule has 0 saturated carbocycles. The van der Waals surface area contributed by atoms with Gasteiger partial charge in [0.15, 0.2) is 0 Å². The van der Waals surface area contributed by atoms with Crippen molar-refractivity contribution < 1.29 is 4.74 Å². The molecule has 3 heteroatoms. The summed E-state index contributed by atoms with van der Waals surface area (Å²) in [5.74, 6) is 0. The van der Waals surface area contributed by atoms with Crippen molar-refractivity contribution >= 4 is 0 Å². The number of hydrogen-bond acceptors (Lipinski definition) is 3. The summed E-state index contributed by atoms with van der Waals surface area (Å²) in [5, 5.41) is 3.47. The van der Waals surface area contributed by atoms with Crippen LogP contribution in [0.1, 0.15) is 38.7 Å². The molecule has 1 fully saturated rings. The largest absolute Gasteiger partial charge is 0.372 e. The summed E-state index contributed by atoms with van der Waals surface area (Å²) in [6.07, 6.45) is 4.20. The minimum atomic E-state index is 0.359. The van der Waals surface area contributed by atoms with Crippen LogP contribution >= 0.6 is 0 Å². The van der Waals surface area contributed by atoms with Gasteiger partial charge in [0, 0.05) is 26.2 Å². The van der Waals surface area contributed by atoms with Gasteiger partial charge in [-0.25, -0.2) is 0 Å². The molecule has 2 rings (SSSR count). The van der Waals surface area contributed by atoms with Gasteiger partial charge >= 0.3 is 0 Å². The molecular formula is C18H30N2O. The number of hydrogen-bond donors (Lipinski definition) is 1. The van der Waals surface area contributed by atoms with E-state index in [2.05, 4.69) is 54.4 Å². The van der Waals surface area contributed by atoms with E-state index in [0.29, 0.717) is 12.2 Å². The van der Waals surface area contributed by atoms with E-state index in [-0.39, 0.29) is 0 Å². The van der Waals surface area contributed by atoms with Crippen LogP contribution < -0.4 is 5.32 Å². The van der Waals surface area contributed by atoms with Crippen LogP contribution in [0.5, 0.6) is 0 Å². The number of nitrogens with zero attached hydrogens (tertiary/aromatic N) is 1. The second-order valence-corrected chi connectivity index (χ2v) is 6.00. The zero-order valence-electron chi connectivity index (χ0n) is 13.6. The van der Waals surface area contributed by atoms with E-state index in [4.69, 9.17) is 4.74 Å². The van der Waals surface area contributed by atoms with E-state index >= 15 is 0 Å². The molecule has 0 spiro atoms. The van der Waals surface area contributed by atoms with Crippen LogP contribution in [0.25, 0.3) is 0 Å². The third kappa shape index (κ3) is 5.77. The lowest BCUT2D eigenvalue weighted by molar-refractivity contribution is -0.00737. The van der Waals surface area contributed by atoms with Gasteiger partial charge in [-0.05, 0) is 31.4 Å². The highest BCUT2D eigenvalue weighted by molar-refractivity contribution is 5.14. The first-order valence-corrected chi connectivity index (χ1v) is 8.44. The molecule has 21 heavy (non-hydrogen) atoms. The van der Waals surface area contributed by atoms with Crippen LogP contribution in [0.4, 0.5) is 0 Å². The third-order valence-corrected chi connectivity index (χ3v) is 4.12. The van der Waals surface area contributed by atoms with Crippen LogP contribution in [0, 0.1) is 0 Å². The number of likely N-dealkylation sites (tertiary alicyclic amines) is 1. The zero-order chi connectivity index (χ0) is 14.9. The summed E-state index contributed by atoms with van der Waals surface area (Å²) in [6, 6.07) is 10.7. The number of benzene rings is 1. The molecule has 0 amide bonds. The molecule has 0 bridgehead atoms. The summed E-state index contributed by atoms with van der Waals surface area (Å²) in [4.78, 5) is 2.51. The van der Waals surface area contributed by atoms with E-state index in [9.17, 15) is 0 Å². The molecule has 118 valence electrons. The van der Waals surface area contributed by atoms with Gasteiger partial charge in [0.2, 0.25) is 0 Å². The first-order valence-electron chi connectivity index (χ1n) is 8.44. The Balaban J connectivity index is 1.71. The summed E-state index contributed by atoms with van der Waals surface area (Å²) in [5.41, 5.74) is 1.40. The summed E-state index contributed by atoms with van der Waals surface area (Å²) < 4.78 is 6.27. The Morgan fingerprint density at radius 3 is 2.81 bits per heavy atom.